The van der Waals surface area contributed by atoms with Crippen molar-refractivity contribution in [3.8, 4) is 5.75 Å². The predicted molar refractivity (Wildman–Crippen MR) is 65.6 cm³/mol. The van der Waals surface area contributed by atoms with E-state index in [2.05, 4.69) is 0 Å². The maximum atomic E-state index is 12.2. The van der Waals surface area contributed by atoms with E-state index in [9.17, 15) is 9.59 Å². The maximum absolute atomic E-state index is 12.2. The molecule has 18 heavy (non-hydrogen) atoms. The van der Waals surface area contributed by atoms with E-state index in [1.165, 1.54) is 12.0 Å². The quantitative estimate of drug-likeness (QED) is 0.761. The van der Waals surface area contributed by atoms with Crippen molar-refractivity contribution in [2.75, 3.05) is 18.6 Å². The monoisotopic (exact) mass is 246 g/mol. The molecule has 1 aromatic carbocycles. The molecule has 0 aromatic heterocycles. The molecule has 0 bridgehead atoms. The van der Waals surface area contributed by atoms with E-state index in [0.717, 1.165) is 12.8 Å². The molecule has 3 rings (SSSR count). The third-order valence-electron chi connectivity index (χ3n) is 3.31. The van der Waals surface area contributed by atoms with Gasteiger partial charge in [0.2, 0.25) is 0 Å². The Morgan fingerprint density at radius 2 is 1.94 bits per heavy atom. The SMILES string of the molecule is COc1ccccc1N1C(=O)CN(C2CC2)C1=O. The summed E-state index contributed by atoms with van der Waals surface area (Å²) in [6, 6.07) is 7.10. The van der Waals surface area contributed by atoms with Gasteiger partial charge in [-0.05, 0) is 25.0 Å². The first-order valence-electron chi connectivity index (χ1n) is 5.99. The first-order chi connectivity index (χ1) is 8.72. The highest BCUT2D eigenvalue weighted by Crippen LogP contribution is 2.35. The summed E-state index contributed by atoms with van der Waals surface area (Å²) in [4.78, 5) is 27.1. The molecule has 1 aliphatic carbocycles. The van der Waals surface area contributed by atoms with Crippen LogP contribution < -0.4 is 9.64 Å². The van der Waals surface area contributed by atoms with Crippen LogP contribution in [0.4, 0.5) is 10.5 Å². The van der Waals surface area contributed by atoms with Crippen molar-refractivity contribution in [3.63, 3.8) is 0 Å². The zero-order valence-corrected chi connectivity index (χ0v) is 10.1. The zero-order valence-electron chi connectivity index (χ0n) is 10.1. The van der Waals surface area contributed by atoms with Crippen molar-refractivity contribution < 1.29 is 14.3 Å². The maximum Gasteiger partial charge on any atom is 0.332 e. The number of urea groups is 1. The van der Waals surface area contributed by atoms with E-state index in [1.807, 2.05) is 6.07 Å². The van der Waals surface area contributed by atoms with E-state index >= 15 is 0 Å². The van der Waals surface area contributed by atoms with Crippen molar-refractivity contribution >= 4 is 17.6 Å². The Morgan fingerprint density at radius 3 is 2.61 bits per heavy atom. The van der Waals surface area contributed by atoms with E-state index in [4.69, 9.17) is 4.74 Å². The number of imide groups is 1. The Bertz CT molecular complexity index is 511. The number of benzene rings is 1. The molecule has 1 saturated carbocycles. The second kappa shape index (κ2) is 4.01. The van der Waals surface area contributed by atoms with Gasteiger partial charge in [0.05, 0.1) is 12.8 Å². The first-order valence-corrected chi connectivity index (χ1v) is 5.99. The fraction of sp³-hybridized carbons (Fsp3) is 0.385. The average Bonchev–Trinajstić information content (AvgIpc) is 3.17. The lowest BCUT2D eigenvalue weighted by atomic mass is 10.2. The van der Waals surface area contributed by atoms with Gasteiger partial charge in [-0.15, -0.1) is 0 Å². The van der Waals surface area contributed by atoms with Crippen molar-refractivity contribution in [3.05, 3.63) is 24.3 Å². The number of carbonyl (C=O) groups excluding carboxylic acids is 2. The third-order valence-corrected chi connectivity index (χ3v) is 3.31. The lowest BCUT2D eigenvalue weighted by Crippen LogP contribution is -2.34. The minimum Gasteiger partial charge on any atom is -0.495 e. The van der Waals surface area contributed by atoms with Crippen molar-refractivity contribution in [2.45, 2.75) is 18.9 Å². The van der Waals surface area contributed by atoms with E-state index < -0.39 is 0 Å². The minimum atomic E-state index is -0.230. The zero-order chi connectivity index (χ0) is 12.7. The smallest absolute Gasteiger partial charge is 0.332 e. The summed E-state index contributed by atoms with van der Waals surface area (Å²) in [5.41, 5.74) is 0.526. The highest BCUT2D eigenvalue weighted by Gasteiger charge is 2.44. The van der Waals surface area contributed by atoms with Gasteiger partial charge in [0.1, 0.15) is 12.3 Å². The van der Waals surface area contributed by atoms with Crippen LogP contribution in [0.15, 0.2) is 24.3 Å². The van der Waals surface area contributed by atoms with Gasteiger partial charge in [-0.2, -0.15) is 0 Å². The van der Waals surface area contributed by atoms with Crippen LogP contribution in [0.3, 0.4) is 0 Å². The Morgan fingerprint density at radius 1 is 1.22 bits per heavy atom. The van der Waals surface area contributed by atoms with Crippen LogP contribution in [0.1, 0.15) is 12.8 Å². The largest absolute Gasteiger partial charge is 0.495 e. The number of para-hydroxylation sites is 2. The van der Waals surface area contributed by atoms with E-state index in [0.29, 0.717) is 11.4 Å². The molecule has 5 heteroatoms. The van der Waals surface area contributed by atoms with Crippen LogP contribution >= 0.6 is 0 Å². The molecule has 3 amide bonds. The first kappa shape index (κ1) is 11.1. The van der Waals surface area contributed by atoms with E-state index in [-0.39, 0.29) is 24.5 Å². The molecule has 1 aromatic rings. The highest BCUT2D eigenvalue weighted by molar-refractivity contribution is 6.20. The molecule has 0 spiro atoms. The fourth-order valence-electron chi connectivity index (χ4n) is 2.24. The lowest BCUT2D eigenvalue weighted by Gasteiger charge is -2.18. The van der Waals surface area contributed by atoms with Gasteiger partial charge in [-0.1, -0.05) is 12.1 Å². The normalized spacial score (nSPS) is 19.6. The van der Waals surface area contributed by atoms with Gasteiger partial charge >= 0.3 is 6.03 Å². The van der Waals surface area contributed by atoms with E-state index in [1.54, 1.807) is 23.1 Å². The highest BCUT2D eigenvalue weighted by atomic mass is 16.5. The molecule has 94 valence electrons. The number of methoxy groups -OCH3 is 1. The molecule has 0 radical (unpaired) electrons. The van der Waals surface area contributed by atoms with Crippen LogP contribution in [-0.4, -0.2) is 36.5 Å². The van der Waals surface area contributed by atoms with Gasteiger partial charge in [-0.25, -0.2) is 9.69 Å². The van der Waals surface area contributed by atoms with Crippen molar-refractivity contribution in [1.82, 2.24) is 4.90 Å². The Kier molecular flexibility index (Phi) is 2.47. The third kappa shape index (κ3) is 1.63. The summed E-state index contributed by atoms with van der Waals surface area (Å²) >= 11 is 0. The molecule has 2 fully saturated rings. The fourth-order valence-corrected chi connectivity index (χ4v) is 2.24. The molecule has 2 aliphatic rings. The number of ether oxygens (including phenoxy) is 1. The second-order valence-corrected chi connectivity index (χ2v) is 4.54. The minimum absolute atomic E-state index is 0.182. The Balaban J connectivity index is 1.95. The summed E-state index contributed by atoms with van der Waals surface area (Å²) in [6.45, 7) is 0.182. The van der Waals surface area contributed by atoms with Crippen LogP contribution in [0, 0.1) is 0 Å². The summed E-state index contributed by atoms with van der Waals surface area (Å²) in [6.07, 6.45) is 2.00. The molecule has 1 saturated heterocycles. The van der Waals surface area contributed by atoms with Crippen LogP contribution in [0.2, 0.25) is 0 Å². The Hall–Kier alpha value is -2.04. The molecule has 1 heterocycles. The van der Waals surface area contributed by atoms with Gasteiger partial charge in [0, 0.05) is 6.04 Å². The molecule has 0 N–H and O–H groups in total. The van der Waals surface area contributed by atoms with Gasteiger partial charge < -0.3 is 9.64 Å². The topological polar surface area (TPSA) is 49.9 Å². The van der Waals surface area contributed by atoms with Crippen molar-refractivity contribution in [2.24, 2.45) is 0 Å². The second-order valence-electron chi connectivity index (χ2n) is 4.54. The molecule has 1 aliphatic heterocycles. The number of nitrogens with zero attached hydrogens (tertiary/aromatic N) is 2. The number of hydrogen-bond acceptors (Lipinski definition) is 3. The van der Waals surface area contributed by atoms with Gasteiger partial charge in [0.15, 0.2) is 0 Å². The van der Waals surface area contributed by atoms with Crippen LogP contribution in [-0.2, 0) is 4.79 Å². The standard InChI is InChI=1S/C13H14N2O3/c1-18-11-5-3-2-4-10(11)15-12(16)8-14(13(15)17)9-6-7-9/h2-5,9H,6-8H2,1H3. The van der Waals surface area contributed by atoms with Gasteiger partial charge in [-0.3, -0.25) is 4.79 Å². The van der Waals surface area contributed by atoms with Crippen molar-refractivity contribution in [1.29, 1.82) is 0 Å². The molecule has 0 atom stereocenters. The summed E-state index contributed by atoms with van der Waals surface area (Å²) < 4.78 is 5.20. The molecular weight excluding hydrogens is 232 g/mol. The van der Waals surface area contributed by atoms with Gasteiger partial charge in [0.25, 0.3) is 5.91 Å². The number of rotatable bonds is 3. The average molecular weight is 246 g/mol. The number of hydrogen-bond donors (Lipinski definition) is 0. The predicted octanol–water partition coefficient (Wildman–Crippen LogP) is 1.63. The lowest BCUT2D eigenvalue weighted by molar-refractivity contribution is -0.116. The Labute approximate surface area is 105 Å². The number of anilines is 1. The molecular formula is C13H14N2O3. The molecule has 5 nitrogen and oxygen atoms in total. The number of amides is 3. The van der Waals surface area contributed by atoms with Crippen LogP contribution in [0.25, 0.3) is 0 Å². The summed E-state index contributed by atoms with van der Waals surface area (Å²) in [7, 11) is 1.53. The summed E-state index contributed by atoms with van der Waals surface area (Å²) in [5.74, 6) is 0.355. The molecule has 0 unspecified atom stereocenters. The number of carbonyl (C=O) groups is 2. The summed E-state index contributed by atoms with van der Waals surface area (Å²) in [5, 5.41) is 0. The van der Waals surface area contributed by atoms with Crippen LogP contribution in [0.5, 0.6) is 5.75 Å².